The second-order valence-corrected chi connectivity index (χ2v) is 10.5. The van der Waals surface area contributed by atoms with Gasteiger partial charge in [0.15, 0.2) is 0 Å². The fourth-order valence-corrected chi connectivity index (χ4v) is 5.54. The number of nitrogens with one attached hydrogen (secondary N) is 1. The summed E-state index contributed by atoms with van der Waals surface area (Å²) in [5.41, 5.74) is 3.41. The SMILES string of the molecule is CO[C@@H]1CCN(c2cc(Nc3cc4c(C(C)C)ccc(N5CC(n6ccnn6)C5)c4cn3)ccn2)C[C@H]1O. The Hall–Kier alpha value is -3.76. The average Bonchev–Trinajstić information content (AvgIpc) is 3.42. The first-order valence-corrected chi connectivity index (χ1v) is 13.2. The van der Waals surface area contributed by atoms with Crippen LogP contribution >= 0.6 is 0 Å². The highest BCUT2D eigenvalue weighted by molar-refractivity contribution is 5.98. The predicted molar refractivity (Wildman–Crippen MR) is 148 cm³/mol. The summed E-state index contributed by atoms with van der Waals surface area (Å²) in [6.07, 6.45) is 7.54. The molecule has 0 spiro atoms. The van der Waals surface area contributed by atoms with Gasteiger partial charge in [0.05, 0.1) is 24.4 Å². The van der Waals surface area contributed by atoms with Gasteiger partial charge in [-0.2, -0.15) is 0 Å². The van der Waals surface area contributed by atoms with E-state index in [1.54, 1.807) is 19.5 Å². The van der Waals surface area contributed by atoms with Crippen molar-refractivity contribution in [3.05, 3.63) is 60.7 Å². The number of aliphatic hydroxyl groups is 1. The molecule has 0 saturated carbocycles. The van der Waals surface area contributed by atoms with Gasteiger partial charge >= 0.3 is 0 Å². The van der Waals surface area contributed by atoms with Crippen LogP contribution in [0.25, 0.3) is 10.8 Å². The molecule has 1 aromatic carbocycles. The number of β-amino-alcohol motifs (C(OH)–C–C–N with tert-alkyl or cyclic N) is 1. The molecule has 5 heterocycles. The Labute approximate surface area is 222 Å². The van der Waals surface area contributed by atoms with Crippen molar-refractivity contribution < 1.29 is 9.84 Å². The van der Waals surface area contributed by atoms with Gasteiger partial charge in [0.25, 0.3) is 0 Å². The molecular formula is C28H34N8O2. The van der Waals surface area contributed by atoms with E-state index in [0.29, 0.717) is 18.5 Å². The van der Waals surface area contributed by atoms with E-state index in [9.17, 15) is 5.11 Å². The zero-order valence-electron chi connectivity index (χ0n) is 22.0. The summed E-state index contributed by atoms with van der Waals surface area (Å²) in [5, 5.41) is 24.3. The predicted octanol–water partition coefficient (Wildman–Crippen LogP) is 3.74. The summed E-state index contributed by atoms with van der Waals surface area (Å²) in [6, 6.07) is 10.9. The second kappa shape index (κ2) is 10.2. The number of pyridine rings is 2. The van der Waals surface area contributed by atoms with Crippen molar-refractivity contribution in [1.82, 2.24) is 25.0 Å². The maximum absolute atomic E-state index is 10.4. The van der Waals surface area contributed by atoms with Gasteiger partial charge in [0.1, 0.15) is 11.6 Å². The molecule has 38 heavy (non-hydrogen) atoms. The maximum Gasteiger partial charge on any atom is 0.130 e. The van der Waals surface area contributed by atoms with Crippen LogP contribution in [-0.4, -0.2) is 75.6 Å². The van der Waals surface area contributed by atoms with Crippen LogP contribution in [-0.2, 0) is 4.74 Å². The normalized spacial score (nSPS) is 20.2. The summed E-state index contributed by atoms with van der Waals surface area (Å²) in [7, 11) is 1.65. The Bertz CT molecular complexity index is 1400. The van der Waals surface area contributed by atoms with E-state index < -0.39 is 6.10 Å². The number of aliphatic hydroxyl groups excluding tert-OH is 1. The minimum Gasteiger partial charge on any atom is -0.389 e. The number of hydrogen-bond acceptors (Lipinski definition) is 9. The molecule has 2 N–H and O–H groups in total. The summed E-state index contributed by atoms with van der Waals surface area (Å²) in [6.45, 7) is 7.53. The zero-order chi connectivity index (χ0) is 26.2. The number of hydrogen-bond donors (Lipinski definition) is 2. The van der Waals surface area contributed by atoms with Crippen molar-refractivity contribution in [3.63, 3.8) is 0 Å². The number of piperidine rings is 1. The lowest BCUT2D eigenvalue weighted by atomic mass is 9.94. The van der Waals surface area contributed by atoms with E-state index in [-0.39, 0.29) is 6.10 Å². The third-order valence-corrected chi connectivity index (χ3v) is 7.72. The average molecular weight is 515 g/mol. The van der Waals surface area contributed by atoms with Crippen molar-refractivity contribution in [2.45, 2.75) is 44.4 Å². The van der Waals surface area contributed by atoms with Crippen LogP contribution in [0.2, 0.25) is 0 Å². The van der Waals surface area contributed by atoms with Crippen LogP contribution in [0.5, 0.6) is 0 Å². The van der Waals surface area contributed by atoms with E-state index in [1.165, 1.54) is 16.6 Å². The smallest absolute Gasteiger partial charge is 0.130 e. The Morgan fingerprint density at radius 2 is 1.89 bits per heavy atom. The highest BCUT2D eigenvalue weighted by atomic mass is 16.5. The molecule has 3 aromatic heterocycles. The molecule has 4 aromatic rings. The number of methoxy groups -OCH3 is 1. The minimum absolute atomic E-state index is 0.126. The highest BCUT2D eigenvalue weighted by Gasteiger charge is 2.31. The molecule has 0 radical (unpaired) electrons. The van der Waals surface area contributed by atoms with Crippen LogP contribution in [0.15, 0.2) is 55.1 Å². The van der Waals surface area contributed by atoms with Gasteiger partial charge in [-0.05, 0) is 41.5 Å². The van der Waals surface area contributed by atoms with Crippen LogP contribution in [0.1, 0.15) is 37.8 Å². The molecule has 2 saturated heterocycles. The van der Waals surface area contributed by atoms with Gasteiger partial charge in [0.2, 0.25) is 0 Å². The minimum atomic E-state index is -0.532. The second-order valence-electron chi connectivity index (χ2n) is 10.5. The van der Waals surface area contributed by atoms with Crippen molar-refractivity contribution in [3.8, 4) is 0 Å². The lowest BCUT2D eigenvalue weighted by Crippen LogP contribution is -2.48. The number of fused-ring (bicyclic) bond motifs is 1. The van der Waals surface area contributed by atoms with Gasteiger partial charge in [-0.1, -0.05) is 25.1 Å². The van der Waals surface area contributed by atoms with Gasteiger partial charge in [-0.3, -0.25) is 0 Å². The van der Waals surface area contributed by atoms with Gasteiger partial charge in [-0.15, -0.1) is 5.10 Å². The lowest BCUT2D eigenvalue weighted by molar-refractivity contribution is -0.0218. The van der Waals surface area contributed by atoms with Crippen LogP contribution in [0, 0.1) is 0 Å². The fraction of sp³-hybridized carbons (Fsp3) is 0.429. The van der Waals surface area contributed by atoms with E-state index in [0.717, 1.165) is 48.8 Å². The van der Waals surface area contributed by atoms with Crippen molar-refractivity contribution in [2.24, 2.45) is 0 Å². The Morgan fingerprint density at radius 3 is 2.63 bits per heavy atom. The molecule has 198 valence electrons. The van der Waals surface area contributed by atoms with Crippen LogP contribution < -0.4 is 15.1 Å². The fourth-order valence-electron chi connectivity index (χ4n) is 5.54. The van der Waals surface area contributed by atoms with E-state index in [2.05, 4.69) is 62.5 Å². The number of anilines is 4. The number of benzene rings is 1. The molecular weight excluding hydrogens is 480 g/mol. The lowest BCUT2D eigenvalue weighted by Gasteiger charge is -2.41. The Morgan fingerprint density at radius 1 is 1.03 bits per heavy atom. The number of rotatable bonds is 7. The standard InChI is InChI=1S/C28H34N8O2/c1-18(2)21-4-5-24(35-15-20(16-35)36-11-9-31-33-36)23-14-30-27(13-22(21)23)32-19-6-8-29-28(12-19)34-10-7-26(38-3)25(37)17-34/h4-6,8-9,11-14,18,20,25-26,37H,7,10,15-17H2,1-3H3,(H,29,30,32)/t25-,26-/m1/s1. The van der Waals surface area contributed by atoms with Crippen LogP contribution in [0.3, 0.4) is 0 Å². The molecule has 0 amide bonds. The molecule has 0 unspecified atom stereocenters. The zero-order valence-corrected chi connectivity index (χ0v) is 22.0. The first-order valence-electron chi connectivity index (χ1n) is 13.2. The third-order valence-electron chi connectivity index (χ3n) is 7.72. The summed E-state index contributed by atoms with van der Waals surface area (Å²) >= 11 is 0. The topological polar surface area (TPSA) is 104 Å². The summed E-state index contributed by atoms with van der Waals surface area (Å²) in [5.74, 6) is 2.00. The van der Waals surface area contributed by atoms with Crippen molar-refractivity contribution in [1.29, 1.82) is 0 Å². The van der Waals surface area contributed by atoms with Gasteiger partial charge < -0.3 is 25.0 Å². The largest absolute Gasteiger partial charge is 0.389 e. The first-order chi connectivity index (χ1) is 18.5. The van der Waals surface area contributed by atoms with E-state index in [1.807, 2.05) is 29.2 Å². The molecule has 2 fully saturated rings. The van der Waals surface area contributed by atoms with Crippen LogP contribution in [0.4, 0.5) is 23.0 Å². The van der Waals surface area contributed by atoms with E-state index >= 15 is 0 Å². The quantitative estimate of drug-likeness (QED) is 0.382. The summed E-state index contributed by atoms with van der Waals surface area (Å²) < 4.78 is 7.32. The molecule has 10 heteroatoms. The van der Waals surface area contributed by atoms with Gasteiger partial charge in [0, 0.05) is 74.7 Å². The van der Waals surface area contributed by atoms with Crippen molar-refractivity contribution >= 4 is 33.8 Å². The molecule has 0 bridgehead atoms. The molecule has 0 aliphatic carbocycles. The maximum atomic E-state index is 10.4. The van der Waals surface area contributed by atoms with Crippen molar-refractivity contribution in [2.75, 3.05) is 48.4 Å². The van der Waals surface area contributed by atoms with E-state index in [4.69, 9.17) is 9.72 Å². The van der Waals surface area contributed by atoms with Gasteiger partial charge in [-0.25, -0.2) is 14.6 Å². The number of aromatic nitrogens is 5. The highest BCUT2D eigenvalue weighted by Crippen LogP contribution is 2.37. The first kappa shape index (κ1) is 24.6. The monoisotopic (exact) mass is 514 g/mol. The third kappa shape index (κ3) is 4.65. The molecule has 6 rings (SSSR count). The number of ether oxygens (including phenoxy) is 1. The Balaban J connectivity index is 1.24. The Kier molecular flexibility index (Phi) is 6.59. The molecule has 2 aliphatic rings. The molecule has 2 atom stereocenters. The summed E-state index contributed by atoms with van der Waals surface area (Å²) in [4.78, 5) is 13.8. The molecule has 10 nitrogen and oxygen atoms in total. The number of nitrogens with zero attached hydrogens (tertiary/aromatic N) is 7. The molecule has 2 aliphatic heterocycles.